The van der Waals surface area contributed by atoms with E-state index in [0.29, 0.717) is 18.3 Å². The van der Waals surface area contributed by atoms with Gasteiger partial charge in [-0.05, 0) is 56.3 Å². The topological polar surface area (TPSA) is 21.3 Å². The van der Waals surface area contributed by atoms with Crippen LogP contribution < -0.4 is 10.1 Å². The van der Waals surface area contributed by atoms with Gasteiger partial charge in [0.15, 0.2) is 11.6 Å². The van der Waals surface area contributed by atoms with Crippen molar-refractivity contribution in [3.8, 4) is 5.75 Å². The Hall–Kier alpha value is -1.09. The highest BCUT2D eigenvalue weighted by Gasteiger charge is 2.28. The molecule has 0 aromatic heterocycles. The highest BCUT2D eigenvalue weighted by atomic mass is 19.1. The summed E-state index contributed by atoms with van der Waals surface area (Å²) in [6.07, 6.45) is 4.36. The molecule has 0 saturated heterocycles. The van der Waals surface area contributed by atoms with Crippen molar-refractivity contribution in [1.82, 2.24) is 5.32 Å². The summed E-state index contributed by atoms with van der Waals surface area (Å²) in [7, 11) is 1.96. The first kappa shape index (κ1) is 14.3. The summed E-state index contributed by atoms with van der Waals surface area (Å²) in [6, 6.07) is 5.25. The van der Waals surface area contributed by atoms with Gasteiger partial charge in [0.25, 0.3) is 0 Å². The van der Waals surface area contributed by atoms with Crippen LogP contribution in [0.25, 0.3) is 0 Å². The van der Waals surface area contributed by atoms with Crippen molar-refractivity contribution in [2.45, 2.75) is 45.1 Å². The molecule has 19 heavy (non-hydrogen) atoms. The predicted molar refractivity (Wildman–Crippen MR) is 75.9 cm³/mol. The number of halogens is 1. The average molecular weight is 265 g/mol. The molecule has 0 aliphatic heterocycles. The number of rotatable bonds is 7. The lowest BCUT2D eigenvalue weighted by Gasteiger charge is -2.32. The molecule has 2 rings (SSSR count). The van der Waals surface area contributed by atoms with Gasteiger partial charge in [-0.1, -0.05) is 19.9 Å². The fraction of sp³-hybridized carbons (Fsp3) is 0.625. The molecule has 0 spiro atoms. The Morgan fingerprint density at radius 3 is 2.53 bits per heavy atom. The quantitative estimate of drug-likeness (QED) is 0.808. The van der Waals surface area contributed by atoms with E-state index in [1.54, 1.807) is 0 Å². The molecule has 2 nitrogen and oxygen atoms in total. The standard InChI is InChI=1S/C16H24FNO/c1-4-16(5-2,18-3)13-8-9-14(17)15(10-13)19-11-12-6-7-12/h8-10,12,18H,4-7,11H2,1-3H3. The molecule has 3 heteroatoms. The predicted octanol–water partition coefficient (Wildman–Crippen LogP) is 3.85. The van der Waals surface area contributed by atoms with Crippen molar-refractivity contribution < 1.29 is 9.13 Å². The Morgan fingerprint density at radius 1 is 1.32 bits per heavy atom. The van der Waals surface area contributed by atoms with Crippen LogP contribution in [-0.2, 0) is 5.54 Å². The Morgan fingerprint density at radius 2 is 2.00 bits per heavy atom. The van der Waals surface area contributed by atoms with Gasteiger partial charge >= 0.3 is 0 Å². The maximum atomic E-state index is 13.8. The van der Waals surface area contributed by atoms with Crippen molar-refractivity contribution in [2.24, 2.45) is 5.92 Å². The largest absolute Gasteiger partial charge is 0.490 e. The zero-order valence-corrected chi connectivity index (χ0v) is 12.1. The van der Waals surface area contributed by atoms with Crippen molar-refractivity contribution in [2.75, 3.05) is 13.7 Å². The molecule has 1 fully saturated rings. The lowest BCUT2D eigenvalue weighted by Crippen LogP contribution is -2.38. The number of nitrogens with one attached hydrogen (secondary N) is 1. The molecule has 1 aliphatic rings. The summed E-state index contributed by atoms with van der Waals surface area (Å²) in [4.78, 5) is 0. The third kappa shape index (κ3) is 3.08. The van der Waals surface area contributed by atoms with Crippen LogP contribution in [0.15, 0.2) is 18.2 Å². The van der Waals surface area contributed by atoms with Gasteiger partial charge in [0.2, 0.25) is 0 Å². The zero-order valence-electron chi connectivity index (χ0n) is 12.1. The minimum atomic E-state index is -0.262. The molecule has 106 valence electrons. The SMILES string of the molecule is CCC(CC)(NC)c1ccc(F)c(OCC2CC2)c1. The number of hydrogen-bond donors (Lipinski definition) is 1. The lowest BCUT2D eigenvalue weighted by molar-refractivity contribution is 0.281. The molecule has 1 aliphatic carbocycles. The Kier molecular flexibility index (Phi) is 4.46. The van der Waals surface area contributed by atoms with Gasteiger partial charge in [0.05, 0.1) is 6.61 Å². The number of hydrogen-bond acceptors (Lipinski definition) is 2. The van der Waals surface area contributed by atoms with E-state index in [2.05, 4.69) is 19.2 Å². The highest BCUT2D eigenvalue weighted by Crippen LogP contribution is 2.34. The van der Waals surface area contributed by atoms with Gasteiger partial charge in [0, 0.05) is 5.54 Å². The van der Waals surface area contributed by atoms with E-state index in [1.807, 2.05) is 19.2 Å². The summed E-state index contributed by atoms with van der Waals surface area (Å²) in [5.41, 5.74) is 1.01. The third-order valence-corrected chi connectivity index (χ3v) is 4.34. The lowest BCUT2D eigenvalue weighted by atomic mass is 9.85. The smallest absolute Gasteiger partial charge is 0.165 e. The molecule has 0 heterocycles. The van der Waals surface area contributed by atoms with Gasteiger partial charge in [-0.25, -0.2) is 4.39 Å². The van der Waals surface area contributed by atoms with E-state index in [4.69, 9.17) is 4.74 Å². The molecule has 1 N–H and O–H groups in total. The van der Waals surface area contributed by atoms with Gasteiger partial charge < -0.3 is 10.1 Å². The fourth-order valence-electron chi connectivity index (χ4n) is 2.56. The first-order valence-corrected chi connectivity index (χ1v) is 7.27. The Bertz CT molecular complexity index is 416. The molecule has 0 atom stereocenters. The molecule has 1 aromatic rings. The second-order valence-corrected chi connectivity index (χ2v) is 5.44. The zero-order chi connectivity index (χ0) is 13.9. The minimum Gasteiger partial charge on any atom is -0.490 e. The van der Waals surface area contributed by atoms with Gasteiger partial charge in [-0.2, -0.15) is 0 Å². The second-order valence-electron chi connectivity index (χ2n) is 5.44. The van der Waals surface area contributed by atoms with Gasteiger partial charge in [0.1, 0.15) is 0 Å². The molecule has 0 bridgehead atoms. The molecular formula is C16H24FNO. The van der Waals surface area contributed by atoms with Crippen molar-refractivity contribution in [1.29, 1.82) is 0 Å². The summed E-state index contributed by atoms with van der Waals surface area (Å²) in [5.74, 6) is 0.766. The molecular weight excluding hydrogens is 241 g/mol. The van der Waals surface area contributed by atoms with Crippen LogP contribution in [0, 0.1) is 11.7 Å². The van der Waals surface area contributed by atoms with Crippen LogP contribution in [0.3, 0.4) is 0 Å². The molecule has 0 radical (unpaired) electrons. The third-order valence-electron chi connectivity index (χ3n) is 4.34. The summed E-state index contributed by atoms with van der Waals surface area (Å²) in [5, 5.41) is 3.38. The summed E-state index contributed by atoms with van der Waals surface area (Å²) >= 11 is 0. The van der Waals surface area contributed by atoms with Crippen molar-refractivity contribution in [3.63, 3.8) is 0 Å². The normalized spacial score (nSPS) is 15.6. The van der Waals surface area contributed by atoms with Crippen LogP contribution in [0.5, 0.6) is 5.75 Å². The van der Waals surface area contributed by atoms with E-state index in [9.17, 15) is 4.39 Å². The summed E-state index contributed by atoms with van der Waals surface area (Å²) < 4.78 is 19.4. The number of benzene rings is 1. The van der Waals surface area contributed by atoms with Crippen molar-refractivity contribution >= 4 is 0 Å². The average Bonchev–Trinajstić information content (AvgIpc) is 3.25. The molecule has 0 unspecified atom stereocenters. The van der Waals surface area contributed by atoms with Crippen molar-refractivity contribution in [3.05, 3.63) is 29.6 Å². The maximum absolute atomic E-state index is 13.8. The monoisotopic (exact) mass is 265 g/mol. The van der Waals surface area contributed by atoms with E-state index >= 15 is 0 Å². The van der Waals surface area contributed by atoms with Crippen LogP contribution in [0.1, 0.15) is 45.1 Å². The van der Waals surface area contributed by atoms with Gasteiger partial charge in [-0.15, -0.1) is 0 Å². The molecule has 0 amide bonds. The Labute approximate surface area is 115 Å². The maximum Gasteiger partial charge on any atom is 0.165 e. The van der Waals surface area contributed by atoms with Crippen LogP contribution in [0.4, 0.5) is 4.39 Å². The van der Waals surface area contributed by atoms with Gasteiger partial charge in [-0.3, -0.25) is 0 Å². The minimum absolute atomic E-state index is 0.0919. The first-order chi connectivity index (χ1) is 9.15. The van der Waals surface area contributed by atoms with Crippen LogP contribution >= 0.6 is 0 Å². The fourth-order valence-corrected chi connectivity index (χ4v) is 2.56. The summed E-state index contributed by atoms with van der Waals surface area (Å²) in [6.45, 7) is 4.94. The van der Waals surface area contributed by atoms with E-state index in [-0.39, 0.29) is 11.4 Å². The van der Waals surface area contributed by atoms with E-state index < -0.39 is 0 Å². The Balaban J connectivity index is 2.22. The first-order valence-electron chi connectivity index (χ1n) is 7.27. The number of ether oxygens (including phenoxy) is 1. The van der Waals surface area contributed by atoms with Crippen LogP contribution in [-0.4, -0.2) is 13.7 Å². The molecule has 1 saturated carbocycles. The van der Waals surface area contributed by atoms with Crippen LogP contribution in [0.2, 0.25) is 0 Å². The van der Waals surface area contributed by atoms with E-state index in [0.717, 1.165) is 18.4 Å². The highest BCUT2D eigenvalue weighted by molar-refractivity contribution is 5.35. The second kappa shape index (κ2) is 5.91. The van der Waals surface area contributed by atoms with E-state index in [1.165, 1.54) is 18.9 Å². The molecule has 1 aromatic carbocycles.